The highest BCUT2D eigenvalue weighted by Gasteiger charge is 2.31. The second kappa shape index (κ2) is 5.47. The van der Waals surface area contributed by atoms with Gasteiger partial charge >= 0.3 is 5.97 Å². The highest BCUT2D eigenvalue weighted by atomic mass is 35.7. The van der Waals surface area contributed by atoms with Crippen LogP contribution in [0, 0.1) is 5.92 Å². The maximum atomic E-state index is 12.0. The lowest BCUT2D eigenvalue weighted by Gasteiger charge is -2.29. The molecule has 3 rings (SSSR count). The first-order valence-corrected chi connectivity index (χ1v) is 8.73. The molecular weight excluding hydrogens is 320 g/mol. The molecule has 1 fully saturated rings. The summed E-state index contributed by atoms with van der Waals surface area (Å²) >= 11 is 0. The normalized spacial score (nSPS) is 21.9. The van der Waals surface area contributed by atoms with Crippen molar-refractivity contribution >= 4 is 25.7 Å². The van der Waals surface area contributed by atoms with Gasteiger partial charge in [-0.15, -0.1) is 0 Å². The van der Waals surface area contributed by atoms with Gasteiger partial charge < -0.3 is 14.2 Å². The van der Waals surface area contributed by atoms with Gasteiger partial charge in [-0.2, -0.15) is 0 Å². The van der Waals surface area contributed by atoms with E-state index in [1.54, 1.807) is 6.07 Å². The molecule has 6 nitrogen and oxygen atoms in total. The van der Waals surface area contributed by atoms with E-state index in [9.17, 15) is 13.2 Å². The molecule has 1 saturated heterocycles. The van der Waals surface area contributed by atoms with Crippen LogP contribution >= 0.6 is 10.7 Å². The lowest BCUT2D eigenvalue weighted by molar-refractivity contribution is -0.178. The maximum absolute atomic E-state index is 12.0. The zero-order valence-corrected chi connectivity index (χ0v) is 12.5. The van der Waals surface area contributed by atoms with Gasteiger partial charge in [-0.3, -0.25) is 4.79 Å². The van der Waals surface area contributed by atoms with Crippen LogP contribution in [0.25, 0.3) is 0 Å². The smallest absolute Gasteiger partial charge is 0.313 e. The van der Waals surface area contributed by atoms with E-state index in [1.807, 2.05) is 0 Å². The third-order valence-corrected chi connectivity index (χ3v) is 4.79. The summed E-state index contributed by atoms with van der Waals surface area (Å²) in [6.45, 7) is 1.06. The first-order chi connectivity index (χ1) is 9.93. The van der Waals surface area contributed by atoms with E-state index in [0.717, 1.165) is 0 Å². The molecule has 1 aromatic rings. The number of esters is 1. The minimum atomic E-state index is -3.80. The van der Waals surface area contributed by atoms with E-state index in [1.165, 1.54) is 12.1 Å². The number of carbonyl (C=O) groups excluding carboxylic acids is 1. The Kier molecular flexibility index (Phi) is 3.81. The SMILES string of the molecule is O=C(OC1COC1)C1COc2ccc(S(=O)(=O)Cl)cc2C1. The monoisotopic (exact) mass is 332 g/mol. The molecule has 2 aliphatic heterocycles. The molecule has 0 amide bonds. The second-order valence-electron chi connectivity index (χ2n) is 5.02. The molecule has 1 aromatic carbocycles. The summed E-state index contributed by atoms with van der Waals surface area (Å²) in [5.41, 5.74) is 0.634. The molecule has 0 bridgehead atoms. The molecule has 1 unspecified atom stereocenters. The lowest BCUT2D eigenvalue weighted by Crippen LogP contribution is -2.41. The molecule has 0 radical (unpaired) electrons. The van der Waals surface area contributed by atoms with Crippen LogP contribution in [0.5, 0.6) is 5.75 Å². The van der Waals surface area contributed by atoms with E-state index in [4.69, 9.17) is 24.9 Å². The molecule has 0 aromatic heterocycles. The van der Waals surface area contributed by atoms with Crippen molar-refractivity contribution in [3.8, 4) is 5.75 Å². The summed E-state index contributed by atoms with van der Waals surface area (Å²) in [4.78, 5) is 12.0. The Hall–Kier alpha value is -1.31. The number of rotatable bonds is 3. The fourth-order valence-corrected chi connectivity index (χ4v) is 3.02. The van der Waals surface area contributed by atoms with Crippen molar-refractivity contribution in [2.24, 2.45) is 5.92 Å². The number of hydrogen-bond acceptors (Lipinski definition) is 6. The van der Waals surface area contributed by atoms with Crippen LogP contribution in [0.4, 0.5) is 0 Å². The molecule has 0 spiro atoms. The predicted molar refractivity (Wildman–Crippen MR) is 72.9 cm³/mol. The van der Waals surface area contributed by atoms with Gasteiger partial charge in [0.15, 0.2) is 0 Å². The molecular formula is C13H13ClO6S. The second-order valence-corrected chi connectivity index (χ2v) is 7.58. The molecule has 0 N–H and O–H groups in total. The zero-order chi connectivity index (χ0) is 15.0. The Labute approximate surface area is 126 Å². The van der Waals surface area contributed by atoms with Crippen molar-refractivity contribution < 1.29 is 27.4 Å². The van der Waals surface area contributed by atoms with Crippen molar-refractivity contribution in [3.05, 3.63) is 23.8 Å². The van der Waals surface area contributed by atoms with E-state index in [0.29, 0.717) is 30.9 Å². The van der Waals surface area contributed by atoms with Crippen LogP contribution < -0.4 is 4.74 Å². The van der Waals surface area contributed by atoms with Crippen molar-refractivity contribution in [3.63, 3.8) is 0 Å². The van der Waals surface area contributed by atoms with Gasteiger partial charge in [0, 0.05) is 10.7 Å². The number of carbonyl (C=O) groups is 1. The summed E-state index contributed by atoms with van der Waals surface area (Å²) in [5, 5.41) is 0. The Morgan fingerprint density at radius 3 is 2.67 bits per heavy atom. The molecule has 0 aliphatic carbocycles. The van der Waals surface area contributed by atoms with Gasteiger partial charge in [-0.05, 0) is 30.2 Å². The van der Waals surface area contributed by atoms with Crippen LogP contribution in [-0.4, -0.2) is 40.3 Å². The highest BCUT2D eigenvalue weighted by molar-refractivity contribution is 8.13. The molecule has 8 heteroatoms. The van der Waals surface area contributed by atoms with E-state index in [2.05, 4.69) is 0 Å². The Morgan fingerprint density at radius 1 is 1.29 bits per heavy atom. The van der Waals surface area contributed by atoms with Crippen LogP contribution in [-0.2, 0) is 29.7 Å². The van der Waals surface area contributed by atoms with Crippen LogP contribution in [0.2, 0.25) is 0 Å². The average molecular weight is 333 g/mol. The number of ether oxygens (including phenoxy) is 3. The van der Waals surface area contributed by atoms with Gasteiger partial charge in [0.25, 0.3) is 9.05 Å². The third kappa shape index (κ3) is 3.14. The van der Waals surface area contributed by atoms with E-state index < -0.39 is 15.0 Å². The number of fused-ring (bicyclic) bond motifs is 1. The van der Waals surface area contributed by atoms with Crippen molar-refractivity contribution in [1.82, 2.24) is 0 Å². The van der Waals surface area contributed by atoms with Gasteiger partial charge in [-0.1, -0.05) is 0 Å². The highest BCUT2D eigenvalue weighted by Crippen LogP contribution is 2.31. The number of hydrogen-bond donors (Lipinski definition) is 0. The Morgan fingerprint density at radius 2 is 2.05 bits per heavy atom. The van der Waals surface area contributed by atoms with E-state index in [-0.39, 0.29) is 23.6 Å². The van der Waals surface area contributed by atoms with E-state index >= 15 is 0 Å². The first-order valence-electron chi connectivity index (χ1n) is 6.42. The fourth-order valence-electron chi connectivity index (χ4n) is 2.22. The van der Waals surface area contributed by atoms with Crippen molar-refractivity contribution in [2.75, 3.05) is 19.8 Å². The van der Waals surface area contributed by atoms with Gasteiger partial charge in [0.1, 0.15) is 18.5 Å². The lowest BCUT2D eigenvalue weighted by atomic mass is 9.97. The van der Waals surface area contributed by atoms with Crippen LogP contribution in [0.15, 0.2) is 23.1 Å². The summed E-state index contributed by atoms with van der Waals surface area (Å²) in [7, 11) is 1.52. The zero-order valence-electron chi connectivity index (χ0n) is 11.0. The van der Waals surface area contributed by atoms with Crippen LogP contribution in [0.3, 0.4) is 0 Å². The molecule has 0 saturated carbocycles. The minimum Gasteiger partial charge on any atom is -0.492 e. The molecule has 2 aliphatic rings. The Balaban J connectivity index is 1.75. The first kappa shape index (κ1) is 14.6. The van der Waals surface area contributed by atoms with Gasteiger partial charge in [0.05, 0.1) is 24.0 Å². The molecule has 21 heavy (non-hydrogen) atoms. The van der Waals surface area contributed by atoms with Gasteiger partial charge in [-0.25, -0.2) is 8.42 Å². The van der Waals surface area contributed by atoms with Crippen molar-refractivity contribution in [2.45, 2.75) is 17.4 Å². The maximum Gasteiger partial charge on any atom is 0.313 e. The number of halogens is 1. The molecule has 114 valence electrons. The topological polar surface area (TPSA) is 78.9 Å². The third-order valence-electron chi connectivity index (χ3n) is 3.44. The predicted octanol–water partition coefficient (Wildman–Crippen LogP) is 1.11. The summed E-state index contributed by atoms with van der Waals surface area (Å²) in [6, 6.07) is 4.36. The summed E-state index contributed by atoms with van der Waals surface area (Å²) in [6.07, 6.45) is 0.176. The minimum absolute atomic E-state index is 0.00655. The molecule has 2 heterocycles. The molecule has 1 atom stereocenters. The number of benzene rings is 1. The Bertz CT molecular complexity index is 667. The average Bonchev–Trinajstić information content (AvgIpc) is 2.40. The largest absolute Gasteiger partial charge is 0.492 e. The standard InChI is InChI=1S/C13H13ClO6S/c14-21(16,17)11-1-2-12-8(4-11)3-9(5-19-12)13(15)20-10-6-18-7-10/h1-2,4,9-10H,3,5-7H2. The quantitative estimate of drug-likeness (QED) is 0.609. The summed E-state index contributed by atoms with van der Waals surface area (Å²) < 4.78 is 38.4. The van der Waals surface area contributed by atoms with Crippen molar-refractivity contribution in [1.29, 1.82) is 0 Å². The fraction of sp³-hybridized carbons (Fsp3) is 0.462. The van der Waals surface area contributed by atoms with Gasteiger partial charge in [0.2, 0.25) is 0 Å². The summed E-state index contributed by atoms with van der Waals surface area (Å²) in [5.74, 6) is -0.241. The van der Waals surface area contributed by atoms with Crippen LogP contribution in [0.1, 0.15) is 5.56 Å².